The van der Waals surface area contributed by atoms with Crippen molar-refractivity contribution in [2.45, 2.75) is 6.04 Å². The molecule has 2 aromatic rings. The van der Waals surface area contributed by atoms with Gasteiger partial charge < -0.3 is 20.7 Å². The van der Waals surface area contributed by atoms with Crippen LogP contribution in [0.2, 0.25) is 10.0 Å². The van der Waals surface area contributed by atoms with Crippen molar-refractivity contribution < 1.29 is 19.1 Å². The highest BCUT2D eigenvalue weighted by molar-refractivity contribution is 6.35. The molecule has 0 unspecified atom stereocenters. The molecule has 1 heterocycles. The van der Waals surface area contributed by atoms with Crippen molar-refractivity contribution in [2.24, 2.45) is 5.92 Å². The molecule has 1 fully saturated rings. The molecule has 0 bridgehead atoms. The molecule has 150 valence electrons. The van der Waals surface area contributed by atoms with Crippen LogP contribution in [0.3, 0.4) is 0 Å². The van der Waals surface area contributed by atoms with E-state index in [4.69, 9.17) is 27.9 Å². The van der Waals surface area contributed by atoms with Crippen LogP contribution in [0.4, 0.5) is 10.5 Å². The Morgan fingerprint density at radius 3 is 2.59 bits per heavy atom. The van der Waals surface area contributed by atoms with Gasteiger partial charge in [0.1, 0.15) is 5.92 Å². The molecule has 1 aliphatic rings. The Kier molecular flexibility index (Phi) is 6.10. The monoisotopic (exact) mass is 433 g/mol. The first-order valence-corrected chi connectivity index (χ1v) is 9.27. The lowest BCUT2D eigenvalue weighted by molar-refractivity contribution is -0.119. The van der Waals surface area contributed by atoms with Gasteiger partial charge in [-0.2, -0.15) is 0 Å². The minimum atomic E-state index is -0.905. The summed E-state index contributed by atoms with van der Waals surface area (Å²) < 4.78 is 4.75. The Morgan fingerprint density at radius 2 is 1.90 bits per heavy atom. The van der Waals surface area contributed by atoms with E-state index in [1.165, 1.54) is 19.2 Å². The summed E-state index contributed by atoms with van der Waals surface area (Å²) in [6.07, 6.45) is 0. The van der Waals surface area contributed by atoms with Crippen molar-refractivity contribution in [3.8, 4) is 0 Å². The number of halogens is 2. The van der Waals surface area contributed by atoms with Crippen LogP contribution in [0.15, 0.2) is 54.7 Å². The summed E-state index contributed by atoms with van der Waals surface area (Å²) in [6, 6.07) is 9.91. The molecule has 0 aliphatic carbocycles. The zero-order valence-electron chi connectivity index (χ0n) is 15.3. The zero-order chi connectivity index (χ0) is 21.1. The molecular weight excluding hydrogens is 417 g/mol. The van der Waals surface area contributed by atoms with Gasteiger partial charge in [0.25, 0.3) is 0 Å². The fourth-order valence-corrected chi connectivity index (χ4v) is 3.62. The molecule has 2 atom stereocenters. The largest absolute Gasteiger partial charge is 0.465 e. The molecule has 29 heavy (non-hydrogen) atoms. The minimum absolute atomic E-state index is 0.192. The second-order valence-electron chi connectivity index (χ2n) is 6.27. The van der Waals surface area contributed by atoms with Gasteiger partial charge in [-0.15, -0.1) is 0 Å². The predicted octanol–water partition coefficient (Wildman–Crippen LogP) is 3.90. The number of para-hydroxylation sites is 1. The summed E-state index contributed by atoms with van der Waals surface area (Å²) in [6.45, 7) is 3.81. The van der Waals surface area contributed by atoms with Crippen molar-refractivity contribution in [3.63, 3.8) is 0 Å². The van der Waals surface area contributed by atoms with Crippen LogP contribution in [0, 0.1) is 5.92 Å². The smallest absolute Gasteiger partial charge is 0.339 e. The number of carbonyl (C=O) groups excluding carboxylic acids is 3. The molecule has 0 aromatic heterocycles. The van der Waals surface area contributed by atoms with Gasteiger partial charge in [0.2, 0.25) is 5.91 Å². The van der Waals surface area contributed by atoms with Gasteiger partial charge in [-0.1, -0.05) is 48.0 Å². The van der Waals surface area contributed by atoms with Gasteiger partial charge >= 0.3 is 12.0 Å². The molecular formula is C20H17Cl2N3O4. The van der Waals surface area contributed by atoms with Crippen LogP contribution in [-0.2, 0) is 9.53 Å². The number of urea groups is 1. The third-order valence-corrected chi connectivity index (χ3v) is 5.00. The van der Waals surface area contributed by atoms with Gasteiger partial charge in [-0.05, 0) is 29.8 Å². The summed E-state index contributed by atoms with van der Waals surface area (Å²) >= 11 is 12.3. The van der Waals surface area contributed by atoms with Crippen molar-refractivity contribution in [1.82, 2.24) is 10.6 Å². The molecule has 1 saturated heterocycles. The van der Waals surface area contributed by atoms with E-state index in [0.29, 0.717) is 15.6 Å². The lowest BCUT2D eigenvalue weighted by Crippen LogP contribution is -2.52. The molecule has 2 aromatic carbocycles. The molecule has 1 aliphatic heterocycles. The van der Waals surface area contributed by atoms with Crippen LogP contribution in [0.5, 0.6) is 0 Å². The number of hydrogen-bond acceptors (Lipinski definition) is 4. The van der Waals surface area contributed by atoms with E-state index < -0.39 is 29.9 Å². The Bertz CT molecular complexity index is 1010. The summed E-state index contributed by atoms with van der Waals surface area (Å²) in [7, 11) is 1.25. The van der Waals surface area contributed by atoms with Gasteiger partial charge in [-0.3, -0.25) is 4.79 Å². The standard InChI is InChI=1S/C20H17Cl2N3O4/c1-10-16(18(26)24-15-6-4-3-5-13(15)19(27)29-2)17(25-20(28)23-10)12-8-7-11(21)9-14(12)22/h3-9,16-17H,1H2,2H3,(H,24,26)(H2,23,25,28)/t16-,17+/m1/s1. The van der Waals surface area contributed by atoms with E-state index in [9.17, 15) is 14.4 Å². The molecule has 3 amide bonds. The van der Waals surface area contributed by atoms with Crippen molar-refractivity contribution in [1.29, 1.82) is 0 Å². The van der Waals surface area contributed by atoms with Gasteiger partial charge in [0.15, 0.2) is 0 Å². The summed E-state index contributed by atoms with van der Waals surface area (Å²) in [5.74, 6) is -1.99. The predicted molar refractivity (Wildman–Crippen MR) is 110 cm³/mol. The molecule has 0 saturated carbocycles. The van der Waals surface area contributed by atoms with Crippen molar-refractivity contribution >= 4 is 46.8 Å². The first-order valence-electron chi connectivity index (χ1n) is 8.51. The molecule has 3 rings (SSSR count). The number of carbonyl (C=O) groups is 3. The van der Waals surface area contributed by atoms with E-state index >= 15 is 0 Å². The first-order chi connectivity index (χ1) is 13.8. The van der Waals surface area contributed by atoms with Crippen molar-refractivity contribution in [3.05, 3.63) is 75.9 Å². The lowest BCUT2D eigenvalue weighted by Gasteiger charge is -2.34. The molecule has 3 N–H and O–H groups in total. The van der Waals surface area contributed by atoms with Crippen LogP contribution in [-0.4, -0.2) is 25.0 Å². The van der Waals surface area contributed by atoms with E-state index in [2.05, 4.69) is 22.5 Å². The fraction of sp³-hybridized carbons (Fsp3) is 0.150. The maximum absolute atomic E-state index is 13.1. The highest BCUT2D eigenvalue weighted by Gasteiger charge is 2.39. The number of esters is 1. The third kappa shape index (κ3) is 4.36. The van der Waals surface area contributed by atoms with Crippen molar-refractivity contribution in [2.75, 3.05) is 12.4 Å². The Hall–Kier alpha value is -3.03. The van der Waals surface area contributed by atoms with Crippen LogP contribution in [0.25, 0.3) is 0 Å². The number of methoxy groups -OCH3 is 1. The number of hydrogen-bond donors (Lipinski definition) is 3. The topological polar surface area (TPSA) is 96.5 Å². The molecule has 0 radical (unpaired) electrons. The maximum atomic E-state index is 13.1. The Balaban J connectivity index is 1.96. The highest BCUT2D eigenvalue weighted by atomic mass is 35.5. The number of nitrogens with one attached hydrogen (secondary N) is 3. The number of amides is 3. The van der Waals surface area contributed by atoms with Gasteiger partial charge in [-0.25, -0.2) is 9.59 Å². The number of rotatable bonds is 4. The zero-order valence-corrected chi connectivity index (χ0v) is 16.8. The normalized spacial score (nSPS) is 18.4. The van der Waals surface area contributed by atoms with Crippen LogP contribution >= 0.6 is 23.2 Å². The first kappa shape index (κ1) is 20.7. The quantitative estimate of drug-likeness (QED) is 0.636. The maximum Gasteiger partial charge on any atom is 0.339 e. The molecule has 7 nitrogen and oxygen atoms in total. The molecule has 9 heteroatoms. The summed E-state index contributed by atoms with van der Waals surface area (Å²) in [5.41, 5.74) is 1.17. The van der Waals surface area contributed by atoms with E-state index in [1.807, 2.05) is 0 Å². The summed E-state index contributed by atoms with van der Waals surface area (Å²) in [5, 5.41) is 8.64. The van der Waals surface area contributed by atoms with Crippen LogP contribution in [0.1, 0.15) is 22.0 Å². The number of anilines is 1. The molecule has 0 spiro atoms. The highest BCUT2D eigenvalue weighted by Crippen LogP contribution is 2.35. The van der Waals surface area contributed by atoms with E-state index in [0.717, 1.165) is 0 Å². The van der Waals surface area contributed by atoms with E-state index in [1.54, 1.807) is 30.3 Å². The number of benzene rings is 2. The summed E-state index contributed by atoms with van der Waals surface area (Å²) in [4.78, 5) is 37.1. The third-order valence-electron chi connectivity index (χ3n) is 4.44. The second kappa shape index (κ2) is 8.55. The number of ether oxygens (including phenoxy) is 1. The Labute approximate surface area is 177 Å². The average Bonchev–Trinajstić information content (AvgIpc) is 2.67. The van der Waals surface area contributed by atoms with E-state index in [-0.39, 0.29) is 16.9 Å². The average molecular weight is 434 g/mol. The Morgan fingerprint density at radius 1 is 1.17 bits per heavy atom. The van der Waals surface area contributed by atoms with Crippen LogP contribution < -0.4 is 16.0 Å². The SMILES string of the molecule is C=C1NC(=O)N[C@@H](c2ccc(Cl)cc2Cl)[C@@H]1C(=O)Nc1ccccc1C(=O)OC. The van der Waals surface area contributed by atoms with Gasteiger partial charge in [0, 0.05) is 15.7 Å². The lowest BCUT2D eigenvalue weighted by atomic mass is 9.88. The fourth-order valence-electron chi connectivity index (χ4n) is 3.10. The second-order valence-corrected chi connectivity index (χ2v) is 7.11. The van der Waals surface area contributed by atoms with Gasteiger partial charge in [0.05, 0.1) is 24.4 Å². The minimum Gasteiger partial charge on any atom is -0.465 e.